The maximum atomic E-state index is 13.0. The number of carbonyl (C=O) groups is 2. The Bertz CT molecular complexity index is 1110. The summed E-state index contributed by atoms with van der Waals surface area (Å²) in [5, 5.41) is 6.27. The van der Waals surface area contributed by atoms with Crippen LogP contribution in [0.25, 0.3) is 0 Å². The van der Waals surface area contributed by atoms with Crippen molar-refractivity contribution in [3.05, 3.63) is 75.4 Å². The fraction of sp³-hybridized carbons (Fsp3) is 0.385. The Balaban J connectivity index is 1.56. The third-order valence-corrected chi connectivity index (χ3v) is 6.53. The van der Waals surface area contributed by atoms with Crippen molar-refractivity contribution in [1.82, 2.24) is 15.5 Å². The number of amides is 2. The van der Waals surface area contributed by atoms with Crippen molar-refractivity contribution in [3.8, 4) is 0 Å². The maximum Gasteiger partial charge on any atom is 0.338 e. The molecule has 2 aliphatic rings. The van der Waals surface area contributed by atoms with Crippen LogP contribution in [0, 0.1) is 13.8 Å². The fourth-order valence-corrected chi connectivity index (χ4v) is 4.76. The molecule has 4 rings (SSSR count). The van der Waals surface area contributed by atoms with Crippen LogP contribution >= 0.6 is 11.6 Å². The van der Waals surface area contributed by atoms with E-state index < -0.39 is 12.0 Å². The summed E-state index contributed by atoms with van der Waals surface area (Å²) in [6.07, 6.45) is 0. The number of anilines is 1. The molecule has 1 unspecified atom stereocenters. The number of ether oxygens (including phenoxy) is 1. The molecule has 2 amide bonds. The number of piperazine rings is 1. The van der Waals surface area contributed by atoms with E-state index in [0.717, 1.165) is 31.7 Å². The normalized spacial score (nSPS) is 19.0. The molecule has 0 aromatic heterocycles. The average Bonchev–Trinajstić information content (AvgIpc) is 2.81. The van der Waals surface area contributed by atoms with Crippen molar-refractivity contribution in [2.75, 3.05) is 44.2 Å². The van der Waals surface area contributed by atoms with Crippen molar-refractivity contribution < 1.29 is 14.3 Å². The third-order valence-electron chi connectivity index (χ3n) is 6.29. The summed E-state index contributed by atoms with van der Waals surface area (Å²) in [6.45, 7) is 10.1. The molecule has 0 radical (unpaired) electrons. The zero-order valence-electron chi connectivity index (χ0n) is 19.9. The van der Waals surface area contributed by atoms with E-state index >= 15 is 0 Å². The van der Waals surface area contributed by atoms with Crippen molar-refractivity contribution in [2.45, 2.75) is 26.8 Å². The molecule has 2 aromatic carbocycles. The molecule has 0 bridgehead atoms. The van der Waals surface area contributed by atoms with Crippen LogP contribution in [0.5, 0.6) is 0 Å². The average molecular weight is 483 g/mol. The lowest BCUT2D eigenvalue weighted by Crippen LogP contribution is -2.52. The molecular weight excluding hydrogens is 452 g/mol. The first-order valence-electron chi connectivity index (χ1n) is 11.6. The van der Waals surface area contributed by atoms with Crippen LogP contribution in [0.2, 0.25) is 5.02 Å². The van der Waals surface area contributed by atoms with Gasteiger partial charge in [-0.3, -0.25) is 4.90 Å². The lowest BCUT2D eigenvalue weighted by atomic mass is 9.95. The Morgan fingerprint density at radius 1 is 1.12 bits per heavy atom. The number of halogens is 1. The Morgan fingerprint density at radius 2 is 1.88 bits per heavy atom. The van der Waals surface area contributed by atoms with E-state index in [1.54, 1.807) is 25.1 Å². The summed E-state index contributed by atoms with van der Waals surface area (Å²) in [4.78, 5) is 30.2. The Labute approximate surface area is 205 Å². The molecule has 2 aliphatic heterocycles. The number of rotatable bonds is 6. The standard InChI is InChI=1S/C26H31ClN4O3/c1-4-34-25(32)23-21(28-26(33)29-24(23)19-6-5-7-20(27)15-19)16-30-10-12-31(13-11-30)22-14-17(2)8-9-18(22)3/h5-9,14-15,24H,4,10-13,16H2,1-3H3,(H2,28,29,33). The third kappa shape index (κ3) is 5.37. The lowest BCUT2D eigenvalue weighted by Gasteiger charge is -2.38. The maximum absolute atomic E-state index is 13.0. The highest BCUT2D eigenvalue weighted by Gasteiger charge is 2.34. The van der Waals surface area contributed by atoms with Gasteiger partial charge in [-0.15, -0.1) is 0 Å². The number of benzene rings is 2. The number of hydrogen-bond acceptors (Lipinski definition) is 5. The fourth-order valence-electron chi connectivity index (χ4n) is 4.56. The summed E-state index contributed by atoms with van der Waals surface area (Å²) < 4.78 is 5.37. The number of carbonyl (C=O) groups excluding carboxylic acids is 2. The highest BCUT2D eigenvalue weighted by Crippen LogP contribution is 2.30. The highest BCUT2D eigenvalue weighted by atomic mass is 35.5. The van der Waals surface area contributed by atoms with Gasteiger partial charge in [-0.05, 0) is 55.7 Å². The van der Waals surface area contributed by atoms with E-state index in [-0.39, 0.29) is 12.6 Å². The van der Waals surface area contributed by atoms with Crippen LogP contribution in [0.4, 0.5) is 10.5 Å². The highest BCUT2D eigenvalue weighted by molar-refractivity contribution is 6.30. The minimum absolute atomic E-state index is 0.250. The second-order valence-corrected chi connectivity index (χ2v) is 9.19. The molecule has 2 N–H and O–H groups in total. The molecule has 1 atom stereocenters. The predicted octanol–water partition coefficient (Wildman–Crippen LogP) is 3.95. The summed E-state index contributed by atoms with van der Waals surface area (Å²) in [7, 11) is 0. The minimum atomic E-state index is -0.627. The van der Waals surface area contributed by atoms with Gasteiger partial charge in [0.25, 0.3) is 0 Å². The molecule has 2 aromatic rings. The molecule has 7 nitrogen and oxygen atoms in total. The van der Waals surface area contributed by atoms with Gasteiger partial charge in [-0.2, -0.15) is 0 Å². The van der Waals surface area contributed by atoms with E-state index in [1.165, 1.54) is 16.8 Å². The van der Waals surface area contributed by atoms with E-state index in [9.17, 15) is 9.59 Å². The molecule has 0 aliphatic carbocycles. The second kappa shape index (κ2) is 10.5. The van der Waals surface area contributed by atoms with Crippen molar-refractivity contribution in [2.24, 2.45) is 0 Å². The molecule has 180 valence electrons. The molecule has 34 heavy (non-hydrogen) atoms. The monoisotopic (exact) mass is 482 g/mol. The first kappa shape index (κ1) is 24.1. The van der Waals surface area contributed by atoms with E-state index in [0.29, 0.717) is 22.8 Å². The number of urea groups is 1. The summed E-state index contributed by atoms with van der Waals surface area (Å²) in [5.41, 5.74) is 5.51. The van der Waals surface area contributed by atoms with Crippen LogP contribution in [0.3, 0.4) is 0 Å². The zero-order valence-corrected chi connectivity index (χ0v) is 20.6. The Kier molecular flexibility index (Phi) is 7.44. The minimum Gasteiger partial charge on any atom is -0.463 e. The Hall–Kier alpha value is -3.03. The van der Waals surface area contributed by atoms with Gasteiger partial charge in [0.15, 0.2) is 0 Å². The number of nitrogens with one attached hydrogen (secondary N) is 2. The van der Waals surface area contributed by atoms with Crippen molar-refractivity contribution in [3.63, 3.8) is 0 Å². The number of nitrogens with zero attached hydrogens (tertiary/aromatic N) is 2. The van der Waals surface area contributed by atoms with Crippen LogP contribution in [-0.4, -0.2) is 56.2 Å². The van der Waals surface area contributed by atoms with Crippen LogP contribution < -0.4 is 15.5 Å². The van der Waals surface area contributed by atoms with Gasteiger partial charge >= 0.3 is 12.0 Å². The van der Waals surface area contributed by atoms with Crippen LogP contribution in [0.1, 0.15) is 29.7 Å². The molecule has 0 saturated carbocycles. The SMILES string of the molecule is CCOC(=O)C1=C(CN2CCN(c3cc(C)ccc3C)CC2)NC(=O)NC1c1cccc(Cl)c1. The zero-order chi connectivity index (χ0) is 24.2. The molecule has 1 fully saturated rings. The number of hydrogen-bond donors (Lipinski definition) is 2. The largest absolute Gasteiger partial charge is 0.463 e. The van der Waals surface area contributed by atoms with Crippen LogP contribution in [0.15, 0.2) is 53.7 Å². The van der Waals surface area contributed by atoms with Gasteiger partial charge in [0.05, 0.1) is 18.2 Å². The smallest absolute Gasteiger partial charge is 0.338 e. The number of esters is 1. The van der Waals surface area contributed by atoms with Gasteiger partial charge < -0.3 is 20.3 Å². The van der Waals surface area contributed by atoms with Gasteiger partial charge in [0.1, 0.15) is 0 Å². The molecular formula is C26H31ClN4O3. The van der Waals surface area contributed by atoms with Gasteiger partial charge in [0.2, 0.25) is 0 Å². The number of aryl methyl sites for hydroxylation is 2. The molecule has 1 saturated heterocycles. The first-order chi connectivity index (χ1) is 16.4. The van der Waals surface area contributed by atoms with Gasteiger partial charge in [-0.25, -0.2) is 9.59 Å². The topological polar surface area (TPSA) is 73.9 Å². The predicted molar refractivity (Wildman–Crippen MR) is 134 cm³/mol. The van der Waals surface area contributed by atoms with Gasteiger partial charge in [-0.1, -0.05) is 35.9 Å². The van der Waals surface area contributed by atoms with Crippen molar-refractivity contribution in [1.29, 1.82) is 0 Å². The van der Waals surface area contributed by atoms with Crippen LogP contribution in [-0.2, 0) is 9.53 Å². The summed E-state index contributed by atoms with van der Waals surface area (Å²) in [5.74, 6) is -0.441. The van der Waals surface area contributed by atoms with Crippen molar-refractivity contribution >= 4 is 29.3 Å². The van der Waals surface area contributed by atoms with E-state index in [1.807, 2.05) is 6.07 Å². The molecule has 2 heterocycles. The second-order valence-electron chi connectivity index (χ2n) is 8.75. The summed E-state index contributed by atoms with van der Waals surface area (Å²) in [6, 6.07) is 12.7. The molecule has 0 spiro atoms. The van der Waals surface area contributed by atoms with E-state index in [4.69, 9.17) is 16.3 Å². The van der Waals surface area contributed by atoms with Gasteiger partial charge in [0, 0.05) is 49.1 Å². The Morgan fingerprint density at radius 3 is 2.59 bits per heavy atom. The first-order valence-corrected chi connectivity index (χ1v) is 12.0. The summed E-state index contributed by atoms with van der Waals surface area (Å²) >= 11 is 6.19. The van der Waals surface area contributed by atoms with E-state index in [2.05, 4.69) is 52.5 Å². The quantitative estimate of drug-likeness (QED) is 0.610. The molecule has 8 heteroatoms. The lowest BCUT2D eigenvalue weighted by molar-refractivity contribution is -0.139.